The van der Waals surface area contributed by atoms with Crippen LogP contribution in [0.1, 0.15) is 6.42 Å². The third-order valence-electron chi connectivity index (χ3n) is 4.67. The van der Waals surface area contributed by atoms with Crippen LogP contribution in [0.3, 0.4) is 0 Å². The smallest absolute Gasteiger partial charge is 0.240 e. The molecule has 0 spiro atoms. The molecule has 1 amide bonds. The van der Waals surface area contributed by atoms with Gasteiger partial charge in [0.2, 0.25) is 5.91 Å². The second-order valence-electron chi connectivity index (χ2n) is 5.99. The maximum Gasteiger partial charge on any atom is 0.240 e. The Hall–Kier alpha value is -1.39. The Morgan fingerprint density at radius 3 is 2.85 bits per heavy atom. The highest BCUT2D eigenvalue weighted by atomic mass is 16.2. The number of hydrogen-bond acceptors (Lipinski definition) is 3. The standard InChI is InChI=1S/C16H23N3O/c1-18(15-5-3-2-4-6-15)16(20)12-19-8-7-13-9-17-10-14(13)11-19/h2-6,13-14,17H,7-12H2,1H3. The van der Waals surface area contributed by atoms with Crippen molar-refractivity contribution in [2.45, 2.75) is 6.42 Å². The number of carbonyl (C=O) groups excluding carboxylic acids is 1. The first-order valence-electron chi connectivity index (χ1n) is 7.48. The van der Waals surface area contributed by atoms with Gasteiger partial charge in [-0.25, -0.2) is 0 Å². The monoisotopic (exact) mass is 273 g/mol. The van der Waals surface area contributed by atoms with Gasteiger partial charge in [-0.3, -0.25) is 9.69 Å². The van der Waals surface area contributed by atoms with Crippen LogP contribution in [-0.2, 0) is 4.79 Å². The van der Waals surface area contributed by atoms with E-state index in [2.05, 4.69) is 10.2 Å². The summed E-state index contributed by atoms with van der Waals surface area (Å²) in [5, 5.41) is 3.46. The van der Waals surface area contributed by atoms with Crippen molar-refractivity contribution in [2.75, 3.05) is 44.7 Å². The summed E-state index contributed by atoms with van der Waals surface area (Å²) < 4.78 is 0. The maximum absolute atomic E-state index is 12.4. The number of nitrogens with one attached hydrogen (secondary N) is 1. The van der Waals surface area contributed by atoms with Crippen molar-refractivity contribution in [1.29, 1.82) is 0 Å². The van der Waals surface area contributed by atoms with E-state index in [0.717, 1.165) is 43.7 Å². The van der Waals surface area contributed by atoms with Crippen LogP contribution in [0, 0.1) is 11.8 Å². The molecule has 2 aliphatic rings. The van der Waals surface area contributed by atoms with Gasteiger partial charge in [0.05, 0.1) is 6.54 Å². The SMILES string of the molecule is CN(C(=O)CN1CCC2CNCC2C1)c1ccccc1. The summed E-state index contributed by atoms with van der Waals surface area (Å²) in [5.41, 5.74) is 0.968. The molecule has 2 saturated heterocycles. The van der Waals surface area contributed by atoms with E-state index in [9.17, 15) is 4.79 Å². The Morgan fingerprint density at radius 1 is 1.30 bits per heavy atom. The van der Waals surface area contributed by atoms with Crippen LogP contribution in [0.5, 0.6) is 0 Å². The Morgan fingerprint density at radius 2 is 2.05 bits per heavy atom. The van der Waals surface area contributed by atoms with E-state index >= 15 is 0 Å². The molecule has 4 nitrogen and oxygen atoms in total. The number of rotatable bonds is 3. The van der Waals surface area contributed by atoms with Crippen molar-refractivity contribution < 1.29 is 4.79 Å². The molecule has 20 heavy (non-hydrogen) atoms. The highest BCUT2D eigenvalue weighted by molar-refractivity contribution is 5.94. The fourth-order valence-corrected chi connectivity index (χ4v) is 3.35. The second-order valence-corrected chi connectivity index (χ2v) is 5.99. The minimum atomic E-state index is 0.181. The summed E-state index contributed by atoms with van der Waals surface area (Å²) in [6.45, 7) is 4.93. The second kappa shape index (κ2) is 5.94. The lowest BCUT2D eigenvalue weighted by molar-refractivity contribution is -0.120. The molecule has 0 saturated carbocycles. The normalized spacial score (nSPS) is 26.2. The van der Waals surface area contributed by atoms with E-state index in [0.29, 0.717) is 6.54 Å². The van der Waals surface area contributed by atoms with Gasteiger partial charge in [-0.2, -0.15) is 0 Å². The van der Waals surface area contributed by atoms with Crippen molar-refractivity contribution >= 4 is 11.6 Å². The molecule has 2 heterocycles. The van der Waals surface area contributed by atoms with Crippen LogP contribution < -0.4 is 10.2 Å². The number of carbonyl (C=O) groups is 1. The Bertz CT molecular complexity index is 462. The Labute approximate surface area is 120 Å². The fraction of sp³-hybridized carbons (Fsp3) is 0.562. The molecule has 108 valence electrons. The van der Waals surface area contributed by atoms with Gasteiger partial charge < -0.3 is 10.2 Å². The Balaban J connectivity index is 1.56. The lowest BCUT2D eigenvalue weighted by atomic mass is 9.89. The van der Waals surface area contributed by atoms with E-state index in [1.54, 1.807) is 4.90 Å². The van der Waals surface area contributed by atoms with Crippen LogP contribution in [0.4, 0.5) is 5.69 Å². The summed E-state index contributed by atoms with van der Waals surface area (Å²) in [6.07, 6.45) is 1.22. The van der Waals surface area contributed by atoms with Crippen LogP contribution >= 0.6 is 0 Å². The van der Waals surface area contributed by atoms with Crippen LogP contribution in [0.15, 0.2) is 30.3 Å². The van der Waals surface area contributed by atoms with Crippen molar-refractivity contribution in [3.05, 3.63) is 30.3 Å². The molecule has 2 aliphatic heterocycles. The number of benzene rings is 1. The molecular weight excluding hydrogens is 250 g/mol. The quantitative estimate of drug-likeness (QED) is 0.898. The van der Waals surface area contributed by atoms with Gasteiger partial charge in [-0.05, 0) is 50.0 Å². The summed E-state index contributed by atoms with van der Waals surface area (Å²) >= 11 is 0. The molecule has 0 aliphatic carbocycles. The first-order valence-corrected chi connectivity index (χ1v) is 7.48. The molecule has 3 rings (SSSR count). The van der Waals surface area contributed by atoms with Crippen molar-refractivity contribution in [1.82, 2.24) is 10.2 Å². The average molecular weight is 273 g/mol. The number of fused-ring (bicyclic) bond motifs is 1. The molecule has 0 bridgehead atoms. The predicted molar refractivity (Wildman–Crippen MR) is 80.8 cm³/mol. The average Bonchev–Trinajstić information content (AvgIpc) is 2.95. The lowest BCUT2D eigenvalue weighted by Crippen LogP contribution is -2.45. The van der Waals surface area contributed by atoms with Gasteiger partial charge in [0.25, 0.3) is 0 Å². The zero-order chi connectivity index (χ0) is 13.9. The van der Waals surface area contributed by atoms with Crippen LogP contribution in [-0.4, -0.2) is 50.6 Å². The molecule has 2 unspecified atom stereocenters. The first kappa shape index (κ1) is 13.6. The molecular formula is C16H23N3O. The summed E-state index contributed by atoms with van der Waals surface area (Å²) in [6, 6.07) is 9.86. The third kappa shape index (κ3) is 2.86. The van der Waals surface area contributed by atoms with E-state index in [-0.39, 0.29) is 5.91 Å². The number of likely N-dealkylation sites (tertiary alicyclic amines) is 1. The largest absolute Gasteiger partial charge is 0.316 e. The maximum atomic E-state index is 12.4. The van der Waals surface area contributed by atoms with Crippen LogP contribution in [0.25, 0.3) is 0 Å². The molecule has 2 atom stereocenters. The summed E-state index contributed by atoms with van der Waals surface area (Å²) in [4.78, 5) is 16.5. The molecule has 0 radical (unpaired) electrons. The summed E-state index contributed by atoms with van der Waals surface area (Å²) in [5.74, 6) is 1.74. The van der Waals surface area contributed by atoms with Crippen molar-refractivity contribution in [2.24, 2.45) is 11.8 Å². The zero-order valence-corrected chi connectivity index (χ0v) is 12.1. The highest BCUT2D eigenvalue weighted by Gasteiger charge is 2.33. The van der Waals surface area contributed by atoms with Crippen LogP contribution in [0.2, 0.25) is 0 Å². The van der Waals surface area contributed by atoms with E-state index < -0.39 is 0 Å². The van der Waals surface area contributed by atoms with Crippen molar-refractivity contribution in [3.63, 3.8) is 0 Å². The van der Waals surface area contributed by atoms with Crippen molar-refractivity contribution in [3.8, 4) is 0 Å². The number of likely N-dealkylation sites (N-methyl/N-ethyl adjacent to an activating group) is 1. The fourth-order valence-electron chi connectivity index (χ4n) is 3.35. The molecule has 1 aromatic carbocycles. The number of nitrogens with zero attached hydrogens (tertiary/aromatic N) is 2. The highest BCUT2D eigenvalue weighted by Crippen LogP contribution is 2.26. The minimum Gasteiger partial charge on any atom is -0.316 e. The predicted octanol–water partition coefficient (Wildman–Crippen LogP) is 1.19. The van der Waals surface area contributed by atoms with Gasteiger partial charge >= 0.3 is 0 Å². The lowest BCUT2D eigenvalue weighted by Gasteiger charge is -2.34. The number of piperidine rings is 1. The van der Waals surface area contributed by atoms with E-state index in [1.807, 2.05) is 37.4 Å². The van der Waals surface area contributed by atoms with Gasteiger partial charge in [0.1, 0.15) is 0 Å². The van der Waals surface area contributed by atoms with E-state index in [4.69, 9.17) is 0 Å². The van der Waals surface area contributed by atoms with Gasteiger partial charge in [-0.15, -0.1) is 0 Å². The molecule has 2 fully saturated rings. The van der Waals surface area contributed by atoms with E-state index in [1.165, 1.54) is 6.42 Å². The molecule has 0 aromatic heterocycles. The van der Waals surface area contributed by atoms with Gasteiger partial charge in [0.15, 0.2) is 0 Å². The van der Waals surface area contributed by atoms with Gasteiger partial charge in [0, 0.05) is 19.3 Å². The summed E-state index contributed by atoms with van der Waals surface area (Å²) in [7, 11) is 1.86. The number of anilines is 1. The minimum absolute atomic E-state index is 0.181. The third-order valence-corrected chi connectivity index (χ3v) is 4.67. The molecule has 1 N–H and O–H groups in total. The zero-order valence-electron chi connectivity index (χ0n) is 12.1. The number of hydrogen-bond donors (Lipinski definition) is 1. The Kier molecular flexibility index (Phi) is 4.03. The van der Waals surface area contributed by atoms with Gasteiger partial charge in [-0.1, -0.05) is 18.2 Å². The number of para-hydroxylation sites is 1. The first-order chi connectivity index (χ1) is 9.74. The number of amides is 1. The topological polar surface area (TPSA) is 35.6 Å². The molecule has 1 aromatic rings. The molecule has 4 heteroatoms.